The van der Waals surface area contributed by atoms with Crippen LogP contribution in [0.25, 0.3) is 0 Å². The normalized spacial score (nSPS) is 12.8. The van der Waals surface area contributed by atoms with Crippen LogP contribution < -0.4 is 0 Å². The smallest absolute Gasteiger partial charge is 0.308 e. The predicted molar refractivity (Wildman–Crippen MR) is 288 cm³/mol. The van der Waals surface area contributed by atoms with Crippen LogP contribution in [0.3, 0.4) is 0 Å². The van der Waals surface area contributed by atoms with E-state index in [1.807, 2.05) is 4.90 Å². The Morgan fingerprint density at radius 1 is 0.352 bits per heavy atom. The van der Waals surface area contributed by atoms with E-state index in [1.165, 1.54) is 57.8 Å². The van der Waals surface area contributed by atoms with E-state index in [0.29, 0.717) is 99.0 Å². The Morgan fingerprint density at radius 3 is 1.21 bits per heavy atom. The minimum Gasteiger partial charge on any atom is -0.465 e. The summed E-state index contributed by atoms with van der Waals surface area (Å²) in [4.78, 5) is 42.0. The first-order valence-electron chi connectivity index (χ1n) is 29.5. The highest BCUT2D eigenvalue weighted by Gasteiger charge is 2.26. The highest BCUT2D eigenvalue weighted by atomic mass is 16.6. The van der Waals surface area contributed by atoms with E-state index in [9.17, 15) is 14.4 Å². The second-order valence-electron chi connectivity index (χ2n) is 19.5. The molecule has 0 aromatic heterocycles. The molecule has 0 saturated heterocycles. The fourth-order valence-corrected chi connectivity index (χ4v) is 8.40. The van der Waals surface area contributed by atoms with Crippen molar-refractivity contribution in [1.82, 2.24) is 4.90 Å². The average molecular weight is 1020 g/mol. The molecule has 0 aromatic carbocycles. The highest BCUT2D eigenvalue weighted by molar-refractivity contribution is 5.81. The SMILES string of the molecule is CCCCCCCCN(CCOCCOCCOCCOCCOC)C(=O)C(COCCCCCCOC(=O)C(CCCC)CCCCCC)OCCCCCCOC(=O)C(CCCC)CCCCCC. The number of hydrogen-bond donors (Lipinski definition) is 0. The van der Waals surface area contributed by atoms with Crippen molar-refractivity contribution in [1.29, 1.82) is 0 Å². The third-order valence-corrected chi connectivity index (χ3v) is 13.0. The maximum Gasteiger partial charge on any atom is 0.308 e. The van der Waals surface area contributed by atoms with Gasteiger partial charge in [-0.3, -0.25) is 14.4 Å². The molecule has 3 atom stereocenters. The van der Waals surface area contributed by atoms with Gasteiger partial charge in [-0.25, -0.2) is 0 Å². The predicted octanol–water partition coefficient (Wildman–Crippen LogP) is 13.1. The number of unbranched alkanes of at least 4 members (excludes halogenated alkanes) is 19. The second-order valence-corrected chi connectivity index (χ2v) is 19.5. The summed E-state index contributed by atoms with van der Waals surface area (Å²) in [6.45, 7) is 18.6. The monoisotopic (exact) mass is 1020 g/mol. The quantitative estimate of drug-likeness (QED) is 0.0423. The van der Waals surface area contributed by atoms with Crippen LogP contribution in [0, 0.1) is 11.8 Å². The van der Waals surface area contributed by atoms with Gasteiger partial charge in [0.25, 0.3) is 5.91 Å². The topological polar surface area (TPSA) is 138 Å². The van der Waals surface area contributed by atoms with E-state index in [1.54, 1.807) is 7.11 Å². The number of hydrogen-bond acceptors (Lipinski definition) is 12. The van der Waals surface area contributed by atoms with E-state index in [-0.39, 0.29) is 36.3 Å². The van der Waals surface area contributed by atoms with Gasteiger partial charge in [0.05, 0.1) is 91.1 Å². The van der Waals surface area contributed by atoms with Gasteiger partial charge in [0.2, 0.25) is 0 Å². The lowest BCUT2D eigenvalue weighted by atomic mass is 9.95. The molecule has 0 aliphatic heterocycles. The van der Waals surface area contributed by atoms with Gasteiger partial charge in [-0.15, -0.1) is 0 Å². The van der Waals surface area contributed by atoms with Crippen LogP contribution in [0.2, 0.25) is 0 Å². The number of carbonyl (C=O) groups is 3. The van der Waals surface area contributed by atoms with Crippen molar-refractivity contribution in [3.63, 3.8) is 0 Å². The Balaban J connectivity index is 5.22. The van der Waals surface area contributed by atoms with Crippen LogP contribution >= 0.6 is 0 Å². The molecule has 13 nitrogen and oxygen atoms in total. The van der Waals surface area contributed by atoms with E-state index in [2.05, 4.69) is 34.6 Å². The van der Waals surface area contributed by atoms with Crippen LogP contribution in [-0.2, 0) is 57.0 Å². The number of amides is 1. The molecule has 0 heterocycles. The van der Waals surface area contributed by atoms with Crippen molar-refractivity contribution in [2.75, 3.05) is 113 Å². The lowest BCUT2D eigenvalue weighted by molar-refractivity contribution is -0.150. The zero-order valence-corrected chi connectivity index (χ0v) is 47.1. The molecule has 0 bridgehead atoms. The molecule has 0 rings (SSSR count). The van der Waals surface area contributed by atoms with Crippen molar-refractivity contribution in [3.8, 4) is 0 Å². The van der Waals surface area contributed by atoms with Gasteiger partial charge < -0.3 is 47.5 Å². The van der Waals surface area contributed by atoms with Crippen LogP contribution in [-0.4, -0.2) is 142 Å². The number of ether oxygens (including phenoxy) is 9. The minimum atomic E-state index is -0.704. The molecular weight excluding hydrogens is 903 g/mol. The van der Waals surface area contributed by atoms with Gasteiger partial charge in [-0.1, -0.05) is 157 Å². The Labute approximate surface area is 436 Å². The molecular formula is C58H113NO12. The minimum absolute atomic E-state index is 0.0195. The van der Waals surface area contributed by atoms with Gasteiger partial charge in [-0.05, 0) is 70.6 Å². The lowest BCUT2D eigenvalue weighted by Gasteiger charge is -2.28. The first-order chi connectivity index (χ1) is 34.9. The molecule has 0 fully saturated rings. The molecule has 71 heavy (non-hydrogen) atoms. The maximum absolute atomic E-state index is 14.3. The van der Waals surface area contributed by atoms with Crippen LogP contribution in [0.4, 0.5) is 0 Å². The molecule has 0 saturated carbocycles. The van der Waals surface area contributed by atoms with Crippen molar-refractivity contribution in [2.24, 2.45) is 11.8 Å². The van der Waals surface area contributed by atoms with Gasteiger partial charge in [0.15, 0.2) is 6.10 Å². The molecule has 0 radical (unpaired) electrons. The van der Waals surface area contributed by atoms with E-state index in [0.717, 1.165) is 135 Å². The second kappa shape index (κ2) is 55.9. The van der Waals surface area contributed by atoms with Gasteiger partial charge in [-0.2, -0.15) is 0 Å². The summed E-state index contributed by atoms with van der Waals surface area (Å²) < 4.78 is 51.6. The molecule has 0 aliphatic carbocycles. The summed E-state index contributed by atoms with van der Waals surface area (Å²) in [7, 11) is 1.65. The summed E-state index contributed by atoms with van der Waals surface area (Å²) in [5.41, 5.74) is 0. The molecule has 3 unspecified atom stereocenters. The molecule has 1 amide bonds. The Morgan fingerprint density at radius 2 is 0.732 bits per heavy atom. The Kier molecular flexibility index (Phi) is 54.4. The van der Waals surface area contributed by atoms with Crippen molar-refractivity contribution < 1.29 is 57.0 Å². The number of rotatable bonds is 58. The summed E-state index contributed by atoms with van der Waals surface area (Å²) in [5.74, 6) is -0.0483. The Bertz CT molecular complexity index is 1130. The fourth-order valence-electron chi connectivity index (χ4n) is 8.40. The molecule has 0 N–H and O–H groups in total. The fraction of sp³-hybridized carbons (Fsp3) is 0.948. The van der Waals surface area contributed by atoms with Crippen LogP contribution in [0.1, 0.15) is 227 Å². The van der Waals surface area contributed by atoms with E-state index < -0.39 is 6.10 Å². The largest absolute Gasteiger partial charge is 0.465 e. The van der Waals surface area contributed by atoms with Crippen molar-refractivity contribution in [2.45, 2.75) is 233 Å². The molecule has 0 aromatic rings. The van der Waals surface area contributed by atoms with Gasteiger partial charge in [0.1, 0.15) is 0 Å². The maximum atomic E-state index is 14.3. The number of carbonyl (C=O) groups excluding carboxylic acids is 3. The first kappa shape index (κ1) is 69.1. The molecule has 0 spiro atoms. The summed E-state index contributed by atoms with van der Waals surface area (Å²) in [5, 5.41) is 0. The van der Waals surface area contributed by atoms with Gasteiger partial charge in [0, 0.05) is 33.4 Å². The number of methoxy groups -OCH3 is 1. The molecule has 0 aliphatic rings. The molecule has 13 heteroatoms. The third kappa shape index (κ3) is 45.3. The van der Waals surface area contributed by atoms with E-state index in [4.69, 9.17) is 42.6 Å². The number of nitrogens with zero attached hydrogens (tertiary/aromatic N) is 1. The average Bonchev–Trinajstić information content (AvgIpc) is 3.37. The summed E-state index contributed by atoms with van der Waals surface area (Å²) >= 11 is 0. The summed E-state index contributed by atoms with van der Waals surface area (Å²) in [6.07, 6.45) is 30.6. The highest BCUT2D eigenvalue weighted by Crippen LogP contribution is 2.21. The van der Waals surface area contributed by atoms with Crippen LogP contribution in [0.5, 0.6) is 0 Å². The Hall–Kier alpha value is -1.87. The summed E-state index contributed by atoms with van der Waals surface area (Å²) in [6, 6.07) is 0. The zero-order chi connectivity index (χ0) is 51.9. The number of esters is 2. The standard InChI is InChI=1S/C58H113NO12/c1-7-12-17-20-21-28-37-59(38-43-64-46-47-66-50-51-67-49-48-65-45-44-63-6)56(60)55(69-40-30-24-25-32-42-71-58(62)54(34-16-11-5)36-27-19-14-9-3)52-68-39-29-22-23-31-41-70-57(61)53(33-15-10-4)35-26-18-13-8-2/h53-55H,7-52H2,1-6H3. The van der Waals surface area contributed by atoms with Gasteiger partial charge >= 0.3 is 11.9 Å². The van der Waals surface area contributed by atoms with Crippen LogP contribution in [0.15, 0.2) is 0 Å². The van der Waals surface area contributed by atoms with Crippen molar-refractivity contribution >= 4 is 17.8 Å². The first-order valence-corrected chi connectivity index (χ1v) is 29.5. The van der Waals surface area contributed by atoms with Crippen molar-refractivity contribution in [3.05, 3.63) is 0 Å². The molecule has 422 valence electrons. The third-order valence-electron chi connectivity index (χ3n) is 13.0. The zero-order valence-electron chi connectivity index (χ0n) is 47.1. The van der Waals surface area contributed by atoms with E-state index >= 15 is 0 Å². The lowest BCUT2D eigenvalue weighted by Crippen LogP contribution is -2.45.